The van der Waals surface area contributed by atoms with Crippen LogP contribution >= 0.6 is 0 Å². The topological polar surface area (TPSA) is 15.3 Å². The molecule has 14 heavy (non-hydrogen) atoms. The van der Waals surface area contributed by atoms with Crippen LogP contribution in [-0.2, 0) is 0 Å². The maximum absolute atomic E-state index is 3.81. The van der Waals surface area contributed by atoms with Crippen LogP contribution < -0.4 is 5.32 Å². The van der Waals surface area contributed by atoms with Crippen molar-refractivity contribution < 1.29 is 0 Å². The van der Waals surface area contributed by atoms with Gasteiger partial charge in [0.15, 0.2) is 0 Å². The normalized spacial score (nSPS) is 21.1. The standard InChI is InChI=1S/C12H24N2/c1-4-10-14(5-2)11-12(3)6-8-13-9-7-12/h4,13H,1,5-11H2,2-3H3. The van der Waals surface area contributed by atoms with Crippen molar-refractivity contribution in [1.29, 1.82) is 0 Å². The van der Waals surface area contributed by atoms with Crippen LogP contribution in [0.3, 0.4) is 0 Å². The maximum Gasteiger partial charge on any atom is 0.0160 e. The van der Waals surface area contributed by atoms with Gasteiger partial charge in [0.25, 0.3) is 0 Å². The van der Waals surface area contributed by atoms with Crippen LogP contribution in [0.4, 0.5) is 0 Å². The van der Waals surface area contributed by atoms with Crippen LogP contribution in [0.5, 0.6) is 0 Å². The summed E-state index contributed by atoms with van der Waals surface area (Å²) in [5.41, 5.74) is 0.518. The van der Waals surface area contributed by atoms with Gasteiger partial charge in [-0.3, -0.25) is 4.90 Å². The third kappa shape index (κ3) is 3.43. The Morgan fingerprint density at radius 2 is 2.07 bits per heavy atom. The molecule has 1 rings (SSSR count). The number of rotatable bonds is 5. The quantitative estimate of drug-likeness (QED) is 0.675. The molecule has 1 N–H and O–H groups in total. The Balaban J connectivity index is 2.41. The van der Waals surface area contributed by atoms with Crippen LogP contribution in [0.2, 0.25) is 0 Å². The predicted molar refractivity (Wildman–Crippen MR) is 62.5 cm³/mol. The van der Waals surface area contributed by atoms with E-state index >= 15 is 0 Å². The first kappa shape index (κ1) is 11.7. The molecule has 0 saturated carbocycles. The van der Waals surface area contributed by atoms with Gasteiger partial charge < -0.3 is 5.32 Å². The molecule has 82 valence electrons. The smallest absolute Gasteiger partial charge is 0.0160 e. The fourth-order valence-electron chi connectivity index (χ4n) is 2.22. The van der Waals surface area contributed by atoms with Crippen LogP contribution in [0.25, 0.3) is 0 Å². The van der Waals surface area contributed by atoms with E-state index in [0.717, 1.165) is 13.1 Å². The summed E-state index contributed by atoms with van der Waals surface area (Å²) in [6.45, 7) is 14.2. The second-order valence-corrected chi connectivity index (χ2v) is 4.68. The molecule has 0 radical (unpaired) electrons. The molecule has 0 aromatic carbocycles. The lowest BCUT2D eigenvalue weighted by molar-refractivity contribution is 0.141. The largest absolute Gasteiger partial charge is 0.317 e. The average Bonchev–Trinajstić information content (AvgIpc) is 2.18. The molecule has 1 aliphatic heterocycles. The van der Waals surface area contributed by atoms with Crippen LogP contribution in [0.1, 0.15) is 26.7 Å². The van der Waals surface area contributed by atoms with Gasteiger partial charge in [-0.2, -0.15) is 0 Å². The van der Waals surface area contributed by atoms with E-state index in [1.54, 1.807) is 0 Å². The van der Waals surface area contributed by atoms with Gasteiger partial charge in [0.2, 0.25) is 0 Å². The first-order valence-corrected chi connectivity index (χ1v) is 5.74. The van der Waals surface area contributed by atoms with Crippen molar-refractivity contribution >= 4 is 0 Å². The zero-order chi connectivity index (χ0) is 10.4. The molecule has 1 heterocycles. The van der Waals surface area contributed by atoms with Crippen molar-refractivity contribution in [3.63, 3.8) is 0 Å². The van der Waals surface area contributed by atoms with Gasteiger partial charge in [0.1, 0.15) is 0 Å². The molecular formula is C12H24N2. The van der Waals surface area contributed by atoms with Gasteiger partial charge in [-0.15, -0.1) is 6.58 Å². The lowest BCUT2D eigenvalue weighted by atomic mass is 9.80. The lowest BCUT2D eigenvalue weighted by Gasteiger charge is -2.38. The molecule has 0 atom stereocenters. The summed E-state index contributed by atoms with van der Waals surface area (Å²) in [4.78, 5) is 2.48. The van der Waals surface area contributed by atoms with Gasteiger partial charge in [0.05, 0.1) is 0 Å². The minimum absolute atomic E-state index is 0.518. The Kier molecular flexibility index (Phi) is 4.63. The van der Waals surface area contributed by atoms with Crippen molar-refractivity contribution in [3.05, 3.63) is 12.7 Å². The van der Waals surface area contributed by atoms with E-state index in [-0.39, 0.29) is 0 Å². The van der Waals surface area contributed by atoms with Crippen molar-refractivity contribution in [3.8, 4) is 0 Å². The lowest BCUT2D eigenvalue weighted by Crippen LogP contribution is -2.43. The molecular weight excluding hydrogens is 172 g/mol. The highest BCUT2D eigenvalue weighted by Crippen LogP contribution is 2.28. The van der Waals surface area contributed by atoms with E-state index in [4.69, 9.17) is 0 Å². The number of hydrogen-bond acceptors (Lipinski definition) is 2. The third-order valence-corrected chi connectivity index (χ3v) is 3.25. The van der Waals surface area contributed by atoms with E-state index in [0.29, 0.717) is 5.41 Å². The third-order valence-electron chi connectivity index (χ3n) is 3.25. The van der Waals surface area contributed by atoms with Crippen LogP contribution in [0, 0.1) is 5.41 Å². The number of likely N-dealkylation sites (N-methyl/N-ethyl adjacent to an activating group) is 1. The van der Waals surface area contributed by atoms with E-state index in [1.165, 1.54) is 32.5 Å². The van der Waals surface area contributed by atoms with Gasteiger partial charge in [-0.1, -0.05) is 19.9 Å². The van der Waals surface area contributed by atoms with E-state index in [1.807, 2.05) is 6.08 Å². The number of nitrogens with one attached hydrogen (secondary N) is 1. The molecule has 0 aromatic heterocycles. The molecule has 1 fully saturated rings. The molecule has 1 saturated heterocycles. The summed E-state index contributed by atoms with van der Waals surface area (Å²) in [6.07, 6.45) is 4.62. The van der Waals surface area contributed by atoms with Crippen molar-refractivity contribution in [2.75, 3.05) is 32.7 Å². The van der Waals surface area contributed by atoms with Crippen molar-refractivity contribution in [2.24, 2.45) is 5.41 Å². The zero-order valence-corrected chi connectivity index (χ0v) is 9.68. The molecule has 0 unspecified atom stereocenters. The second-order valence-electron chi connectivity index (χ2n) is 4.68. The van der Waals surface area contributed by atoms with E-state index in [2.05, 4.69) is 30.6 Å². The number of hydrogen-bond donors (Lipinski definition) is 1. The van der Waals surface area contributed by atoms with Gasteiger partial charge >= 0.3 is 0 Å². The molecule has 0 bridgehead atoms. The van der Waals surface area contributed by atoms with Gasteiger partial charge in [-0.05, 0) is 37.9 Å². The predicted octanol–water partition coefficient (Wildman–Crippen LogP) is 1.88. The molecule has 2 nitrogen and oxygen atoms in total. The highest BCUT2D eigenvalue weighted by molar-refractivity contribution is 4.85. The minimum Gasteiger partial charge on any atom is -0.317 e. The van der Waals surface area contributed by atoms with Crippen LogP contribution in [0.15, 0.2) is 12.7 Å². The average molecular weight is 196 g/mol. The maximum atomic E-state index is 3.81. The molecule has 0 amide bonds. The Labute approximate surface area is 88.4 Å². The van der Waals surface area contributed by atoms with E-state index < -0.39 is 0 Å². The van der Waals surface area contributed by atoms with Gasteiger partial charge in [-0.25, -0.2) is 0 Å². The number of nitrogens with zero attached hydrogens (tertiary/aromatic N) is 1. The molecule has 0 spiro atoms. The Hall–Kier alpha value is -0.340. The Bertz CT molecular complexity index is 171. The molecule has 0 aromatic rings. The minimum atomic E-state index is 0.518. The molecule has 2 heteroatoms. The fraction of sp³-hybridized carbons (Fsp3) is 0.833. The number of piperidine rings is 1. The highest BCUT2D eigenvalue weighted by Gasteiger charge is 2.27. The Morgan fingerprint density at radius 3 is 2.57 bits per heavy atom. The first-order chi connectivity index (χ1) is 6.70. The first-order valence-electron chi connectivity index (χ1n) is 5.74. The molecule has 1 aliphatic rings. The summed E-state index contributed by atoms with van der Waals surface area (Å²) in [6, 6.07) is 0. The second kappa shape index (κ2) is 5.52. The monoisotopic (exact) mass is 196 g/mol. The SMILES string of the molecule is C=CCN(CC)CC1(C)CCNCC1. The van der Waals surface area contributed by atoms with Crippen LogP contribution in [-0.4, -0.2) is 37.6 Å². The van der Waals surface area contributed by atoms with Gasteiger partial charge in [0, 0.05) is 13.1 Å². The zero-order valence-electron chi connectivity index (χ0n) is 9.68. The summed E-state index contributed by atoms with van der Waals surface area (Å²) < 4.78 is 0. The Morgan fingerprint density at radius 1 is 1.43 bits per heavy atom. The summed E-state index contributed by atoms with van der Waals surface area (Å²) >= 11 is 0. The summed E-state index contributed by atoms with van der Waals surface area (Å²) in [5, 5.41) is 3.42. The molecule has 0 aliphatic carbocycles. The van der Waals surface area contributed by atoms with Crippen molar-refractivity contribution in [2.45, 2.75) is 26.7 Å². The fourth-order valence-corrected chi connectivity index (χ4v) is 2.22. The summed E-state index contributed by atoms with van der Waals surface area (Å²) in [7, 11) is 0. The van der Waals surface area contributed by atoms with Crippen molar-refractivity contribution in [1.82, 2.24) is 10.2 Å². The summed E-state index contributed by atoms with van der Waals surface area (Å²) in [5.74, 6) is 0. The highest BCUT2D eigenvalue weighted by atomic mass is 15.1. The van der Waals surface area contributed by atoms with E-state index in [9.17, 15) is 0 Å².